The van der Waals surface area contributed by atoms with Crippen LogP contribution in [0.3, 0.4) is 0 Å². The maximum absolute atomic E-state index is 13.2. The molecule has 1 aromatic heterocycles. The number of nitrogens with zero attached hydrogens (tertiary/aromatic N) is 3. The maximum atomic E-state index is 13.2. The van der Waals surface area contributed by atoms with Gasteiger partial charge >= 0.3 is 0 Å². The lowest BCUT2D eigenvalue weighted by molar-refractivity contribution is -0.124. The van der Waals surface area contributed by atoms with Gasteiger partial charge in [-0.15, -0.1) is 0 Å². The monoisotopic (exact) mass is 378 g/mol. The fraction of sp³-hybridized carbons (Fsp3) is 0.500. The van der Waals surface area contributed by atoms with Crippen LogP contribution < -0.4 is 4.90 Å². The summed E-state index contributed by atoms with van der Waals surface area (Å²) < 4.78 is 0. The van der Waals surface area contributed by atoms with E-state index in [1.807, 2.05) is 30.1 Å². The predicted octanol–water partition coefficient (Wildman–Crippen LogP) is 2.68. The zero-order valence-electron chi connectivity index (χ0n) is 16.5. The SMILES string of the molecule is CC1CCc2[nH]nc(C(=O)N3CCC4(CC3)C(=O)N(C)c3ccccc34)c2C1. The molecule has 0 saturated carbocycles. The molecule has 0 radical (unpaired) electrons. The molecule has 6 heteroatoms. The molecule has 1 fully saturated rings. The van der Waals surface area contributed by atoms with Gasteiger partial charge < -0.3 is 9.80 Å². The van der Waals surface area contributed by atoms with Gasteiger partial charge in [-0.25, -0.2) is 0 Å². The number of rotatable bonds is 1. The second-order valence-corrected chi connectivity index (χ2v) is 8.63. The highest BCUT2D eigenvalue weighted by molar-refractivity contribution is 6.08. The third-order valence-corrected chi connectivity index (χ3v) is 6.99. The van der Waals surface area contributed by atoms with E-state index in [2.05, 4.69) is 23.2 Å². The number of fused-ring (bicyclic) bond motifs is 3. The van der Waals surface area contributed by atoms with Crippen LogP contribution in [0.25, 0.3) is 0 Å². The van der Waals surface area contributed by atoms with E-state index in [0.29, 0.717) is 37.5 Å². The number of amides is 2. The number of aromatic amines is 1. The van der Waals surface area contributed by atoms with E-state index in [1.54, 1.807) is 4.90 Å². The number of piperidine rings is 1. The van der Waals surface area contributed by atoms with Gasteiger partial charge in [-0.05, 0) is 49.7 Å². The number of likely N-dealkylation sites (tertiary alicyclic amines) is 1. The number of hydrogen-bond acceptors (Lipinski definition) is 3. The fourth-order valence-electron chi connectivity index (χ4n) is 5.29. The molecule has 2 amide bonds. The minimum atomic E-state index is -0.484. The Morgan fingerprint density at radius 1 is 1.25 bits per heavy atom. The van der Waals surface area contributed by atoms with Crippen molar-refractivity contribution in [3.8, 4) is 0 Å². The second kappa shape index (κ2) is 6.19. The summed E-state index contributed by atoms with van der Waals surface area (Å²) in [6.45, 7) is 3.41. The number of benzene rings is 1. The zero-order chi connectivity index (χ0) is 19.5. The first-order valence-electron chi connectivity index (χ1n) is 10.2. The topological polar surface area (TPSA) is 69.3 Å². The molecule has 0 bridgehead atoms. The molecule has 1 N–H and O–H groups in total. The zero-order valence-corrected chi connectivity index (χ0v) is 16.5. The molecule has 6 nitrogen and oxygen atoms in total. The van der Waals surface area contributed by atoms with Gasteiger partial charge in [0.05, 0.1) is 5.41 Å². The highest BCUT2D eigenvalue weighted by Gasteiger charge is 2.51. The summed E-state index contributed by atoms with van der Waals surface area (Å²) in [5.41, 5.74) is 4.44. The molecule has 1 atom stereocenters. The van der Waals surface area contributed by atoms with Gasteiger partial charge in [0.2, 0.25) is 5.91 Å². The van der Waals surface area contributed by atoms with Gasteiger partial charge in [0.15, 0.2) is 5.69 Å². The molecule has 1 aliphatic carbocycles. The average molecular weight is 378 g/mol. The van der Waals surface area contributed by atoms with Gasteiger partial charge in [0.1, 0.15) is 0 Å². The van der Waals surface area contributed by atoms with Crippen LogP contribution in [0.1, 0.15) is 53.5 Å². The molecule has 1 unspecified atom stereocenters. The highest BCUT2D eigenvalue weighted by atomic mass is 16.2. The minimum Gasteiger partial charge on any atom is -0.337 e. The average Bonchev–Trinajstić information content (AvgIpc) is 3.22. The van der Waals surface area contributed by atoms with Crippen molar-refractivity contribution >= 4 is 17.5 Å². The lowest BCUT2D eigenvalue weighted by atomic mass is 9.73. The first-order valence-corrected chi connectivity index (χ1v) is 10.2. The largest absolute Gasteiger partial charge is 0.337 e. The predicted molar refractivity (Wildman–Crippen MR) is 106 cm³/mol. The quantitative estimate of drug-likeness (QED) is 0.829. The van der Waals surface area contributed by atoms with Crippen LogP contribution in [0.2, 0.25) is 0 Å². The molecular formula is C22H26N4O2. The fourth-order valence-corrected chi connectivity index (χ4v) is 5.29. The third kappa shape index (κ3) is 2.36. The number of H-pyrrole nitrogens is 1. The Hall–Kier alpha value is -2.63. The Morgan fingerprint density at radius 3 is 2.79 bits per heavy atom. The van der Waals surface area contributed by atoms with E-state index in [-0.39, 0.29) is 11.8 Å². The number of carbonyl (C=O) groups is 2. The van der Waals surface area contributed by atoms with E-state index < -0.39 is 5.41 Å². The smallest absolute Gasteiger partial charge is 0.274 e. The summed E-state index contributed by atoms with van der Waals surface area (Å²) in [6, 6.07) is 8.06. The van der Waals surface area contributed by atoms with Crippen LogP contribution in [-0.2, 0) is 23.1 Å². The van der Waals surface area contributed by atoms with Crippen molar-refractivity contribution in [2.24, 2.45) is 5.92 Å². The molecule has 1 saturated heterocycles. The Labute approximate surface area is 164 Å². The number of hydrogen-bond donors (Lipinski definition) is 1. The Balaban J connectivity index is 1.38. The first-order chi connectivity index (χ1) is 13.5. The Kier molecular flexibility index (Phi) is 3.86. The van der Waals surface area contributed by atoms with Crippen molar-refractivity contribution < 1.29 is 9.59 Å². The number of para-hydroxylation sites is 1. The molecule has 2 aliphatic heterocycles. The molecule has 3 aliphatic rings. The summed E-state index contributed by atoms with van der Waals surface area (Å²) in [4.78, 5) is 29.9. The number of carbonyl (C=O) groups excluding carboxylic acids is 2. The first kappa shape index (κ1) is 17.5. The van der Waals surface area contributed by atoms with E-state index in [1.165, 1.54) is 0 Å². The van der Waals surface area contributed by atoms with Crippen molar-refractivity contribution in [1.29, 1.82) is 0 Å². The van der Waals surface area contributed by atoms with Crippen LogP contribution in [-0.4, -0.2) is 47.0 Å². The summed E-state index contributed by atoms with van der Waals surface area (Å²) in [5, 5.41) is 7.45. The van der Waals surface area contributed by atoms with Gasteiger partial charge in [0, 0.05) is 37.1 Å². The van der Waals surface area contributed by atoms with E-state index in [9.17, 15) is 9.59 Å². The maximum Gasteiger partial charge on any atom is 0.274 e. The molecule has 146 valence electrons. The van der Waals surface area contributed by atoms with Crippen molar-refractivity contribution in [3.05, 3.63) is 46.8 Å². The van der Waals surface area contributed by atoms with Gasteiger partial charge in [-0.1, -0.05) is 25.1 Å². The molecular weight excluding hydrogens is 352 g/mol. The summed E-state index contributed by atoms with van der Waals surface area (Å²) in [5.74, 6) is 0.754. The number of aryl methyl sites for hydroxylation is 1. The van der Waals surface area contributed by atoms with Gasteiger partial charge in [0.25, 0.3) is 5.91 Å². The number of likely N-dealkylation sites (N-methyl/N-ethyl adjacent to an activating group) is 1. The standard InChI is InChI=1S/C22H26N4O2/c1-14-7-8-17-15(13-14)19(24-23-17)20(27)26-11-9-22(10-12-26)16-5-3-4-6-18(16)25(2)21(22)28/h3-6,14H,7-13H2,1-2H3,(H,23,24). The van der Waals surface area contributed by atoms with E-state index >= 15 is 0 Å². The summed E-state index contributed by atoms with van der Waals surface area (Å²) in [7, 11) is 1.85. The lowest BCUT2D eigenvalue weighted by Gasteiger charge is -2.38. The number of anilines is 1. The van der Waals surface area contributed by atoms with Crippen LogP contribution in [0.5, 0.6) is 0 Å². The van der Waals surface area contributed by atoms with Crippen molar-refractivity contribution in [3.63, 3.8) is 0 Å². The summed E-state index contributed by atoms with van der Waals surface area (Å²) >= 11 is 0. The van der Waals surface area contributed by atoms with Crippen LogP contribution >= 0.6 is 0 Å². The molecule has 3 heterocycles. The van der Waals surface area contributed by atoms with E-state index in [0.717, 1.165) is 41.8 Å². The van der Waals surface area contributed by atoms with Crippen molar-refractivity contribution in [2.75, 3.05) is 25.0 Å². The van der Waals surface area contributed by atoms with Gasteiger partial charge in [-0.2, -0.15) is 5.10 Å². The normalized spacial score (nSPS) is 23.1. The van der Waals surface area contributed by atoms with Crippen molar-refractivity contribution in [2.45, 2.75) is 44.4 Å². The van der Waals surface area contributed by atoms with E-state index in [4.69, 9.17) is 0 Å². The van der Waals surface area contributed by atoms with Gasteiger partial charge in [-0.3, -0.25) is 14.7 Å². The van der Waals surface area contributed by atoms with Crippen LogP contribution in [0.4, 0.5) is 5.69 Å². The number of aromatic nitrogens is 2. The molecule has 1 spiro atoms. The molecule has 28 heavy (non-hydrogen) atoms. The summed E-state index contributed by atoms with van der Waals surface area (Å²) in [6.07, 6.45) is 4.37. The van der Waals surface area contributed by atoms with Crippen molar-refractivity contribution in [1.82, 2.24) is 15.1 Å². The second-order valence-electron chi connectivity index (χ2n) is 8.63. The third-order valence-electron chi connectivity index (χ3n) is 6.99. The highest BCUT2D eigenvalue weighted by Crippen LogP contribution is 2.47. The molecule has 2 aromatic rings. The Morgan fingerprint density at radius 2 is 2.00 bits per heavy atom. The minimum absolute atomic E-state index is 0.00790. The Bertz CT molecular complexity index is 955. The molecule has 1 aromatic carbocycles. The lowest BCUT2D eigenvalue weighted by Crippen LogP contribution is -2.49. The number of nitrogens with one attached hydrogen (secondary N) is 1. The van der Waals surface area contributed by atoms with Crippen LogP contribution in [0.15, 0.2) is 24.3 Å². The van der Waals surface area contributed by atoms with Crippen LogP contribution in [0, 0.1) is 5.92 Å². The molecule has 5 rings (SSSR count).